The van der Waals surface area contributed by atoms with Crippen LogP contribution in [0.4, 0.5) is 4.79 Å². The first-order valence-corrected chi connectivity index (χ1v) is 9.17. The highest BCUT2D eigenvalue weighted by Crippen LogP contribution is 2.31. The van der Waals surface area contributed by atoms with E-state index in [-0.39, 0.29) is 33.2 Å². The first kappa shape index (κ1) is 25.5. The third-order valence-corrected chi connectivity index (χ3v) is 3.86. The van der Waals surface area contributed by atoms with Crippen molar-refractivity contribution >= 4 is 12.1 Å². The fraction of sp³-hybridized carbons (Fsp3) is 0.524. The van der Waals surface area contributed by atoms with Crippen LogP contribution in [0.5, 0.6) is 0 Å². The van der Waals surface area contributed by atoms with E-state index in [0.717, 1.165) is 6.08 Å². The van der Waals surface area contributed by atoms with Crippen LogP contribution in [-0.4, -0.2) is 45.2 Å². The summed E-state index contributed by atoms with van der Waals surface area (Å²) < 4.78 is 20.9. The number of rotatable bonds is 17. The Morgan fingerprint density at radius 2 is 1.61 bits per heavy atom. The summed E-state index contributed by atoms with van der Waals surface area (Å²) in [5, 5.41) is 2.60. The van der Waals surface area contributed by atoms with Crippen molar-refractivity contribution < 1.29 is 28.5 Å². The first-order valence-electron chi connectivity index (χ1n) is 9.17. The molecule has 0 fully saturated rings. The third kappa shape index (κ3) is 12.8. The molecule has 0 aliphatic heterocycles. The second kappa shape index (κ2) is 15.5. The third-order valence-electron chi connectivity index (χ3n) is 3.86. The summed E-state index contributed by atoms with van der Waals surface area (Å²) in [5.41, 5.74) is -0.524. The number of nitrogens with one attached hydrogen (secondary N) is 1. The summed E-state index contributed by atoms with van der Waals surface area (Å²) >= 11 is 0. The Kier molecular flexibility index (Phi) is 14.1. The van der Waals surface area contributed by atoms with Gasteiger partial charge in [-0.2, -0.15) is 0 Å². The Morgan fingerprint density at radius 1 is 1.00 bits per heavy atom. The zero-order chi connectivity index (χ0) is 21.3. The largest absolute Gasteiger partial charge is 0.473 e. The molecule has 0 saturated heterocycles. The van der Waals surface area contributed by atoms with Gasteiger partial charge in [0.1, 0.15) is 13.2 Å². The van der Waals surface area contributed by atoms with Crippen LogP contribution in [0.1, 0.15) is 32.6 Å². The second-order valence-electron chi connectivity index (χ2n) is 6.34. The molecule has 0 aromatic carbocycles. The number of carbonyl (C=O) groups is 2. The minimum absolute atomic E-state index is 0.0763. The highest BCUT2D eigenvalue weighted by Gasteiger charge is 2.32. The molecule has 7 heteroatoms. The number of ether oxygens (including phenoxy) is 4. The van der Waals surface area contributed by atoms with Gasteiger partial charge in [0.25, 0.3) is 0 Å². The van der Waals surface area contributed by atoms with Gasteiger partial charge in [-0.05, 0) is 32.6 Å². The van der Waals surface area contributed by atoms with Gasteiger partial charge in [0.05, 0.1) is 12.4 Å². The topological polar surface area (TPSA) is 83.1 Å². The molecule has 1 N–H and O–H groups in total. The Balaban J connectivity index is 4.59. The molecule has 0 atom stereocenters. The monoisotopic (exact) mass is 395 g/mol. The van der Waals surface area contributed by atoms with Gasteiger partial charge in [-0.3, -0.25) is 0 Å². The SMILES string of the molecule is C=CCCC(CCC=C)(COC(=O)C=C)COC(=O)NCCOCOC(=C)C. The van der Waals surface area contributed by atoms with Crippen LogP contribution in [0.15, 0.2) is 50.3 Å². The smallest absolute Gasteiger partial charge is 0.407 e. The van der Waals surface area contributed by atoms with Crippen LogP contribution in [0.3, 0.4) is 0 Å². The number of hydrogen-bond donors (Lipinski definition) is 1. The molecule has 0 radical (unpaired) electrons. The second-order valence-corrected chi connectivity index (χ2v) is 6.34. The molecule has 0 heterocycles. The van der Waals surface area contributed by atoms with E-state index in [1.165, 1.54) is 0 Å². The van der Waals surface area contributed by atoms with Gasteiger partial charge in [-0.25, -0.2) is 9.59 Å². The highest BCUT2D eigenvalue weighted by molar-refractivity contribution is 5.81. The lowest BCUT2D eigenvalue weighted by molar-refractivity contribution is -0.142. The van der Waals surface area contributed by atoms with E-state index >= 15 is 0 Å². The van der Waals surface area contributed by atoms with Crippen molar-refractivity contribution in [3.8, 4) is 0 Å². The van der Waals surface area contributed by atoms with Gasteiger partial charge >= 0.3 is 12.1 Å². The van der Waals surface area contributed by atoms with E-state index in [1.54, 1.807) is 19.1 Å². The number of alkyl carbamates (subject to hydrolysis) is 1. The summed E-state index contributed by atoms with van der Waals surface area (Å²) in [7, 11) is 0. The average Bonchev–Trinajstić information content (AvgIpc) is 2.68. The number of hydrogen-bond acceptors (Lipinski definition) is 6. The molecule has 0 bridgehead atoms. The Morgan fingerprint density at radius 3 is 2.14 bits per heavy atom. The highest BCUT2D eigenvalue weighted by atomic mass is 16.7. The molecule has 0 saturated carbocycles. The first-order chi connectivity index (χ1) is 13.4. The summed E-state index contributed by atoms with van der Waals surface area (Å²) in [4.78, 5) is 23.5. The van der Waals surface area contributed by atoms with E-state index in [4.69, 9.17) is 18.9 Å². The van der Waals surface area contributed by atoms with Gasteiger partial charge in [-0.15, -0.1) is 13.2 Å². The van der Waals surface area contributed by atoms with Crippen LogP contribution < -0.4 is 5.32 Å². The minimum atomic E-state index is -0.568. The van der Waals surface area contributed by atoms with Crippen molar-refractivity contribution in [3.05, 3.63) is 50.3 Å². The molecule has 1 amide bonds. The van der Waals surface area contributed by atoms with Crippen molar-refractivity contribution in [2.24, 2.45) is 5.41 Å². The standard InChI is InChI=1S/C21H33NO6/c1-6-9-11-21(12-10-7-2,15-26-19(23)8-3)16-27-20(24)22-13-14-25-17-28-18(4)5/h6-8H,1-4,9-17H2,5H3,(H,22,24). The molecule has 0 rings (SSSR count). The van der Waals surface area contributed by atoms with Crippen molar-refractivity contribution in [2.75, 3.05) is 33.2 Å². The van der Waals surface area contributed by atoms with Crippen molar-refractivity contribution in [2.45, 2.75) is 32.6 Å². The lowest BCUT2D eigenvalue weighted by Crippen LogP contribution is -2.37. The molecule has 0 unspecified atom stereocenters. The molecule has 0 spiro atoms. The van der Waals surface area contributed by atoms with Gasteiger partial charge in [0.2, 0.25) is 0 Å². The van der Waals surface area contributed by atoms with Gasteiger partial charge in [0.15, 0.2) is 6.79 Å². The number of amides is 1. The van der Waals surface area contributed by atoms with E-state index in [9.17, 15) is 9.59 Å². The lowest BCUT2D eigenvalue weighted by atomic mass is 9.80. The number of allylic oxidation sites excluding steroid dienone is 3. The Labute approximate surface area is 168 Å². The molecule has 0 aromatic heterocycles. The predicted molar refractivity (Wildman–Crippen MR) is 109 cm³/mol. The van der Waals surface area contributed by atoms with Crippen LogP contribution in [0.25, 0.3) is 0 Å². The van der Waals surface area contributed by atoms with Gasteiger partial charge in [0, 0.05) is 18.0 Å². The normalized spacial score (nSPS) is 10.5. The van der Waals surface area contributed by atoms with Crippen molar-refractivity contribution in [1.29, 1.82) is 0 Å². The van der Waals surface area contributed by atoms with Crippen LogP contribution in [0.2, 0.25) is 0 Å². The van der Waals surface area contributed by atoms with E-state index in [2.05, 4.69) is 31.6 Å². The molecule has 158 valence electrons. The van der Waals surface area contributed by atoms with E-state index in [1.807, 2.05) is 0 Å². The zero-order valence-corrected chi connectivity index (χ0v) is 16.9. The maximum atomic E-state index is 12.0. The van der Waals surface area contributed by atoms with E-state index < -0.39 is 17.5 Å². The lowest BCUT2D eigenvalue weighted by Gasteiger charge is -2.32. The summed E-state index contributed by atoms with van der Waals surface area (Å²) in [5.74, 6) is 0.0417. The summed E-state index contributed by atoms with van der Waals surface area (Å²) in [6, 6.07) is 0. The summed E-state index contributed by atoms with van der Waals surface area (Å²) in [6.07, 6.45) is 6.81. The van der Waals surface area contributed by atoms with Crippen molar-refractivity contribution in [1.82, 2.24) is 5.32 Å². The summed E-state index contributed by atoms with van der Waals surface area (Å²) in [6.45, 7) is 17.0. The van der Waals surface area contributed by atoms with Crippen LogP contribution >= 0.6 is 0 Å². The fourth-order valence-corrected chi connectivity index (χ4v) is 2.25. The quantitative estimate of drug-likeness (QED) is 0.100. The molecule has 28 heavy (non-hydrogen) atoms. The molecule has 0 aromatic rings. The van der Waals surface area contributed by atoms with E-state index in [0.29, 0.717) is 31.4 Å². The zero-order valence-electron chi connectivity index (χ0n) is 16.9. The molecule has 7 nitrogen and oxygen atoms in total. The minimum Gasteiger partial charge on any atom is -0.473 e. The maximum absolute atomic E-state index is 12.0. The molecular weight excluding hydrogens is 362 g/mol. The van der Waals surface area contributed by atoms with Crippen LogP contribution in [-0.2, 0) is 23.7 Å². The molecule has 0 aliphatic carbocycles. The Bertz CT molecular complexity index is 517. The van der Waals surface area contributed by atoms with Crippen LogP contribution in [0, 0.1) is 5.41 Å². The fourth-order valence-electron chi connectivity index (χ4n) is 2.25. The van der Waals surface area contributed by atoms with Crippen molar-refractivity contribution in [3.63, 3.8) is 0 Å². The molecular formula is C21H33NO6. The van der Waals surface area contributed by atoms with Gasteiger partial charge in [-0.1, -0.05) is 25.3 Å². The molecule has 0 aliphatic rings. The number of carbonyl (C=O) groups excluding carboxylic acids is 2. The Hall–Kier alpha value is -2.54. The maximum Gasteiger partial charge on any atom is 0.407 e. The van der Waals surface area contributed by atoms with Gasteiger partial charge < -0.3 is 24.3 Å². The average molecular weight is 395 g/mol. The predicted octanol–water partition coefficient (Wildman–Crippen LogP) is 3.88. The number of esters is 1.